The maximum absolute atomic E-state index is 14.7. The quantitative estimate of drug-likeness (QED) is 0.372. The molecule has 0 bridgehead atoms. The number of benzene rings is 1. The lowest BCUT2D eigenvalue weighted by atomic mass is 10.1. The Balaban J connectivity index is 1.33. The van der Waals surface area contributed by atoms with Crippen LogP contribution in [0, 0.1) is 5.82 Å². The first-order valence-electron chi connectivity index (χ1n) is 10.7. The molecule has 1 aromatic carbocycles. The van der Waals surface area contributed by atoms with Gasteiger partial charge in [-0.1, -0.05) is 35.5 Å². The van der Waals surface area contributed by atoms with Crippen molar-refractivity contribution < 1.29 is 14.0 Å². The van der Waals surface area contributed by atoms with E-state index in [1.54, 1.807) is 6.20 Å². The fourth-order valence-electron chi connectivity index (χ4n) is 4.28. The number of hydrogen-bond donors (Lipinski definition) is 1. The molecular formula is C23H22FN7O2. The molecule has 3 aromatic heterocycles. The first-order valence-corrected chi connectivity index (χ1v) is 10.7. The standard InChI is InChI=1S/C23H22FN7O2/c1-15(16-5-3-2-4-6-16)29-9-11-30(12-10-29)23(33)21(32)17-13-25-20-19(17)18(24)14-26-22(20)31-8-7-27-28-31/h2-8,13-15,25H,9-12H2,1H3. The third-order valence-corrected chi connectivity index (χ3v) is 6.15. The summed E-state index contributed by atoms with van der Waals surface area (Å²) < 4.78 is 16.0. The van der Waals surface area contributed by atoms with Gasteiger partial charge in [0, 0.05) is 38.4 Å². The highest BCUT2D eigenvalue weighted by Crippen LogP contribution is 2.27. The maximum Gasteiger partial charge on any atom is 0.295 e. The number of pyridine rings is 1. The molecule has 1 fully saturated rings. The summed E-state index contributed by atoms with van der Waals surface area (Å²) in [5, 5.41) is 7.62. The first kappa shape index (κ1) is 21.0. The Hall–Kier alpha value is -3.92. The second-order valence-corrected chi connectivity index (χ2v) is 7.97. The zero-order chi connectivity index (χ0) is 22.9. The zero-order valence-electron chi connectivity index (χ0n) is 18.0. The van der Waals surface area contributed by atoms with Crippen molar-refractivity contribution in [3.63, 3.8) is 0 Å². The molecule has 10 heteroatoms. The molecule has 0 radical (unpaired) electrons. The normalized spacial score (nSPS) is 15.6. The van der Waals surface area contributed by atoms with Gasteiger partial charge in [0.05, 0.1) is 35.1 Å². The highest BCUT2D eigenvalue weighted by Gasteiger charge is 2.31. The molecule has 0 saturated carbocycles. The Bertz CT molecular complexity index is 1300. The number of H-pyrrole nitrogens is 1. The third kappa shape index (κ3) is 3.78. The van der Waals surface area contributed by atoms with E-state index in [0.29, 0.717) is 32.0 Å². The van der Waals surface area contributed by atoms with Crippen LogP contribution in [0.25, 0.3) is 16.7 Å². The van der Waals surface area contributed by atoms with Crippen LogP contribution in [0.3, 0.4) is 0 Å². The summed E-state index contributed by atoms with van der Waals surface area (Å²) in [4.78, 5) is 36.8. The predicted octanol–water partition coefficient (Wildman–Crippen LogP) is 2.37. The van der Waals surface area contributed by atoms with E-state index >= 15 is 0 Å². The summed E-state index contributed by atoms with van der Waals surface area (Å²) in [6.45, 7) is 4.29. The van der Waals surface area contributed by atoms with Crippen LogP contribution in [0.15, 0.2) is 55.1 Å². The van der Waals surface area contributed by atoms with Crippen molar-refractivity contribution in [2.24, 2.45) is 0 Å². The molecule has 1 amide bonds. The number of Topliss-reactive ketones (excluding diaryl/α,β-unsaturated/α-hetero) is 1. The lowest BCUT2D eigenvalue weighted by molar-refractivity contribution is -0.128. The van der Waals surface area contributed by atoms with Crippen LogP contribution >= 0.6 is 0 Å². The van der Waals surface area contributed by atoms with Crippen LogP contribution in [0.5, 0.6) is 0 Å². The van der Waals surface area contributed by atoms with Crippen LogP contribution in [-0.4, -0.2) is 72.6 Å². The van der Waals surface area contributed by atoms with Gasteiger partial charge in [-0.2, -0.15) is 0 Å². The number of carbonyl (C=O) groups excluding carboxylic acids is 2. The Morgan fingerprint density at radius 2 is 1.88 bits per heavy atom. The molecule has 1 aliphatic heterocycles. The molecule has 1 saturated heterocycles. The van der Waals surface area contributed by atoms with Crippen molar-refractivity contribution in [1.29, 1.82) is 0 Å². The number of amides is 1. The highest BCUT2D eigenvalue weighted by atomic mass is 19.1. The smallest absolute Gasteiger partial charge is 0.295 e. The van der Waals surface area contributed by atoms with Gasteiger partial charge in [0.15, 0.2) is 11.6 Å². The van der Waals surface area contributed by atoms with Crippen molar-refractivity contribution in [1.82, 2.24) is 34.8 Å². The number of aromatic amines is 1. The van der Waals surface area contributed by atoms with Crippen LogP contribution in [0.2, 0.25) is 0 Å². The lowest BCUT2D eigenvalue weighted by Crippen LogP contribution is -2.51. The van der Waals surface area contributed by atoms with Gasteiger partial charge in [0.1, 0.15) is 0 Å². The average Bonchev–Trinajstić information content (AvgIpc) is 3.55. The van der Waals surface area contributed by atoms with Gasteiger partial charge in [0.25, 0.3) is 11.7 Å². The van der Waals surface area contributed by atoms with E-state index in [9.17, 15) is 14.0 Å². The number of aromatic nitrogens is 5. The number of carbonyl (C=O) groups is 2. The molecular weight excluding hydrogens is 425 g/mol. The summed E-state index contributed by atoms with van der Waals surface area (Å²) >= 11 is 0. The van der Waals surface area contributed by atoms with E-state index in [2.05, 4.69) is 44.2 Å². The van der Waals surface area contributed by atoms with Crippen LogP contribution in [0.4, 0.5) is 4.39 Å². The van der Waals surface area contributed by atoms with Crippen molar-refractivity contribution in [2.75, 3.05) is 26.2 Å². The predicted molar refractivity (Wildman–Crippen MR) is 118 cm³/mol. The summed E-state index contributed by atoms with van der Waals surface area (Å²) in [7, 11) is 0. The van der Waals surface area contributed by atoms with E-state index in [-0.39, 0.29) is 22.5 Å². The fourth-order valence-corrected chi connectivity index (χ4v) is 4.28. The van der Waals surface area contributed by atoms with Gasteiger partial charge < -0.3 is 9.88 Å². The molecule has 168 valence electrons. The van der Waals surface area contributed by atoms with Gasteiger partial charge in [-0.05, 0) is 12.5 Å². The molecule has 0 aliphatic carbocycles. The number of piperazine rings is 1. The first-order chi connectivity index (χ1) is 16.0. The van der Waals surface area contributed by atoms with Gasteiger partial charge in [-0.3, -0.25) is 14.5 Å². The van der Waals surface area contributed by atoms with E-state index < -0.39 is 17.5 Å². The number of halogens is 1. The van der Waals surface area contributed by atoms with Crippen molar-refractivity contribution in [2.45, 2.75) is 13.0 Å². The number of nitrogens with one attached hydrogen (secondary N) is 1. The summed E-state index contributed by atoms with van der Waals surface area (Å²) in [6.07, 6.45) is 5.39. The minimum absolute atomic E-state index is 0.0173. The number of hydrogen-bond acceptors (Lipinski definition) is 6. The molecule has 9 nitrogen and oxygen atoms in total. The summed E-state index contributed by atoms with van der Waals surface area (Å²) in [5.74, 6) is -1.78. The van der Waals surface area contributed by atoms with Crippen molar-refractivity contribution in [3.8, 4) is 5.82 Å². The van der Waals surface area contributed by atoms with Crippen LogP contribution in [0.1, 0.15) is 28.9 Å². The third-order valence-electron chi connectivity index (χ3n) is 6.15. The molecule has 4 aromatic rings. The zero-order valence-corrected chi connectivity index (χ0v) is 18.0. The minimum Gasteiger partial charge on any atom is -0.357 e. The molecule has 0 spiro atoms. The fraction of sp³-hybridized carbons (Fsp3) is 0.261. The Kier molecular flexibility index (Phi) is 5.43. The van der Waals surface area contributed by atoms with E-state index in [1.807, 2.05) is 18.2 Å². The lowest BCUT2D eigenvalue weighted by Gasteiger charge is -2.38. The second kappa shape index (κ2) is 8.55. The van der Waals surface area contributed by atoms with Gasteiger partial charge in [-0.15, -0.1) is 5.10 Å². The highest BCUT2D eigenvalue weighted by molar-refractivity contribution is 6.45. The minimum atomic E-state index is -0.750. The van der Waals surface area contributed by atoms with Crippen molar-refractivity contribution >= 4 is 22.6 Å². The number of ketones is 1. The number of nitrogens with zero attached hydrogens (tertiary/aromatic N) is 6. The maximum atomic E-state index is 14.7. The van der Waals surface area contributed by atoms with Crippen LogP contribution < -0.4 is 0 Å². The molecule has 1 atom stereocenters. The van der Waals surface area contributed by atoms with E-state index in [0.717, 1.165) is 6.20 Å². The van der Waals surface area contributed by atoms with E-state index in [1.165, 1.54) is 27.5 Å². The Labute approximate surface area is 188 Å². The Morgan fingerprint density at radius 3 is 2.58 bits per heavy atom. The molecule has 33 heavy (non-hydrogen) atoms. The molecule has 1 unspecified atom stereocenters. The SMILES string of the molecule is CC(c1ccccc1)N1CCN(C(=O)C(=O)c2c[nH]c3c(-n4ccnn4)ncc(F)c23)CC1. The number of fused-ring (bicyclic) bond motifs is 1. The van der Waals surface area contributed by atoms with Crippen LogP contribution in [-0.2, 0) is 4.79 Å². The second-order valence-electron chi connectivity index (χ2n) is 7.97. The molecule has 1 N–H and O–H groups in total. The van der Waals surface area contributed by atoms with Crippen molar-refractivity contribution in [3.05, 3.63) is 72.1 Å². The molecule has 4 heterocycles. The topological polar surface area (TPSA) is 100 Å². The van der Waals surface area contributed by atoms with E-state index in [4.69, 9.17) is 0 Å². The Morgan fingerprint density at radius 1 is 1.12 bits per heavy atom. The summed E-state index contributed by atoms with van der Waals surface area (Å²) in [6, 6.07) is 10.4. The summed E-state index contributed by atoms with van der Waals surface area (Å²) in [5.41, 5.74) is 1.47. The monoisotopic (exact) mass is 447 g/mol. The van der Waals surface area contributed by atoms with Gasteiger partial charge in [-0.25, -0.2) is 14.1 Å². The largest absolute Gasteiger partial charge is 0.357 e. The average molecular weight is 447 g/mol. The van der Waals surface area contributed by atoms with Gasteiger partial charge in [0.2, 0.25) is 0 Å². The molecule has 5 rings (SSSR count). The van der Waals surface area contributed by atoms with Gasteiger partial charge >= 0.3 is 0 Å². The number of rotatable bonds is 5. The molecule has 1 aliphatic rings.